The van der Waals surface area contributed by atoms with E-state index in [1.165, 1.54) is 19.3 Å². The van der Waals surface area contributed by atoms with Gasteiger partial charge >= 0.3 is 0 Å². The summed E-state index contributed by atoms with van der Waals surface area (Å²) in [4.78, 5) is 0. The van der Waals surface area contributed by atoms with E-state index in [-0.39, 0.29) is 0 Å². The van der Waals surface area contributed by atoms with Crippen LogP contribution in [0.2, 0.25) is 0 Å². The van der Waals surface area contributed by atoms with Crippen LogP contribution in [0.4, 0.5) is 0 Å². The number of hydrogen-bond donors (Lipinski definition) is 1. The monoisotopic (exact) mass is 217 g/mol. The molecule has 2 nitrogen and oxygen atoms in total. The Kier molecular flexibility index (Phi) is 1.82. The van der Waals surface area contributed by atoms with Gasteiger partial charge in [-0.15, -0.1) is 0 Å². The molecule has 4 unspecified atom stereocenters. The number of rotatable bonds is 3. The number of fused-ring (bicyclic) bond motifs is 5. The third-order valence-corrected chi connectivity index (χ3v) is 5.04. The molecule has 1 aromatic rings. The van der Waals surface area contributed by atoms with Gasteiger partial charge in [0.25, 0.3) is 0 Å². The van der Waals surface area contributed by atoms with Gasteiger partial charge in [0, 0.05) is 6.04 Å². The Morgan fingerprint density at radius 3 is 2.62 bits per heavy atom. The van der Waals surface area contributed by atoms with Crippen molar-refractivity contribution in [2.45, 2.75) is 38.8 Å². The van der Waals surface area contributed by atoms with Gasteiger partial charge in [-0.3, -0.25) is 0 Å². The van der Waals surface area contributed by atoms with Crippen LogP contribution in [-0.2, 0) is 6.54 Å². The zero-order valence-electron chi connectivity index (χ0n) is 9.78. The second-order valence-corrected chi connectivity index (χ2v) is 5.91. The van der Waals surface area contributed by atoms with Crippen LogP contribution in [-0.4, -0.2) is 6.04 Å². The van der Waals surface area contributed by atoms with Crippen LogP contribution < -0.4 is 5.32 Å². The summed E-state index contributed by atoms with van der Waals surface area (Å²) in [5.74, 6) is 6.28. The highest BCUT2D eigenvalue weighted by molar-refractivity contribution is 5.17. The van der Waals surface area contributed by atoms with Crippen LogP contribution in [0, 0.1) is 30.6 Å². The lowest BCUT2D eigenvalue weighted by Crippen LogP contribution is -2.22. The molecule has 2 bridgehead atoms. The van der Waals surface area contributed by atoms with E-state index >= 15 is 0 Å². The van der Waals surface area contributed by atoms with Crippen molar-refractivity contribution >= 4 is 0 Å². The van der Waals surface area contributed by atoms with Crippen molar-refractivity contribution in [1.29, 1.82) is 0 Å². The average molecular weight is 217 g/mol. The fourth-order valence-electron chi connectivity index (χ4n) is 4.40. The van der Waals surface area contributed by atoms with E-state index < -0.39 is 0 Å². The van der Waals surface area contributed by atoms with Crippen LogP contribution in [0.5, 0.6) is 0 Å². The molecule has 2 heteroatoms. The minimum Gasteiger partial charge on any atom is -0.465 e. The fraction of sp³-hybridized carbons (Fsp3) is 0.714. The lowest BCUT2D eigenvalue weighted by atomic mass is 10.0. The van der Waals surface area contributed by atoms with Gasteiger partial charge < -0.3 is 9.73 Å². The molecule has 3 aliphatic rings. The topological polar surface area (TPSA) is 25.2 Å². The van der Waals surface area contributed by atoms with Crippen LogP contribution >= 0.6 is 0 Å². The van der Waals surface area contributed by atoms with Crippen molar-refractivity contribution in [3.63, 3.8) is 0 Å². The summed E-state index contributed by atoms with van der Waals surface area (Å²) in [5.41, 5.74) is 0. The number of aryl methyl sites for hydroxylation is 1. The Morgan fingerprint density at radius 2 is 2.00 bits per heavy atom. The SMILES string of the molecule is Cc1ccc(CNC2C3C4CCC(C4)C23)o1. The van der Waals surface area contributed by atoms with Crippen LogP contribution in [0.1, 0.15) is 30.8 Å². The van der Waals surface area contributed by atoms with Crippen LogP contribution in [0.25, 0.3) is 0 Å². The van der Waals surface area contributed by atoms with Gasteiger partial charge in [-0.1, -0.05) is 0 Å². The highest BCUT2D eigenvalue weighted by Gasteiger charge is 2.64. The maximum atomic E-state index is 5.59. The second-order valence-electron chi connectivity index (χ2n) is 5.91. The molecule has 3 saturated carbocycles. The molecule has 0 radical (unpaired) electrons. The molecule has 4 rings (SSSR count). The highest BCUT2D eigenvalue weighted by Crippen LogP contribution is 2.65. The number of furan rings is 1. The lowest BCUT2D eigenvalue weighted by Gasteiger charge is -2.09. The number of hydrogen-bond acceptors (Lipinski definition) is 2. The number of nitrogens with one attached hydrogen (secondary N) is 1. The van der Waals surface area contributed by atoms with Crippen molar-refractivity contribution in [1.82, 2.24) is 5.32 Å². The molecule has 0 aromatic carbocycles. The maximum Gasteiger partial charge on any atom is 0.117 e. The minimum absolute atomic E-state index is 0.816. The first kappa shape index (κ1) is 9.29. The highest BCUT2D eigenvalue weighted by atomic mass is 16.3. The molecule has 1 aromatic heterocycles. The van der Waals surface area contributed by atoms with Crippen molar-refractivity contribution in [3.05, 3.63) is 23.7 Å². The van der Waals surface area contributed by atoms with E-state index in [4.69, 9.17) is 4.42 Å². The molecule has 1 N–H and O–H groups in total. The Balaban J connectivity index is 1.37. The predicted octanol–water partition coefficient (Wildman–Crippen LogP) is 2.72. The molecule has 3 fully saturated rings. The van der Waals surface area contributed by atoms with E-state index in [9.17, 15) is 0 Å². The molecule has 0 aliphatic heterocycles. The van der Waals surface area contributed by atoms with E-state index in [1.54, 1.807) is 0 Å². The van der Waals surface area contributed by atoms with Gasteiger partial charge in [0.15, 0.2) is 0 Å². The van der Waals surface area contributed by atoms with E-state index in [0.29, 0.717) is 0 Å². The summed E-state index contributed by atoms with van der Waals surface area (Å²) in [6, 6.07) is 4.96. The summed E-state index contributed by atoms with van der Waals surface area (Å²) < 4.78 is 5.59. The molecule has 3 aliphatic carbocycles. The first-order valence-electron chi connectivity index (χ1n) is 6.61. The van der Waals surface area contributed by atoms with Crippen LogP contribution in [0.15, 0.2) is 16.5 Å². The smallest absolute Gasteiger partial charge is 0.117 e. The Labute approximate surface area is 96.4 Å². The third-order valence-electron chi connectivity index (χ3n) is 5.04. The summed E-state index contributed by atoms with van der Waals surface area (Å²) in [6.07, 6.45) is 4.54. The zero-order valence-corrected chi connectivity index (χ0v) is 9.78. The normalized spacial score (nSPS) is 43.7. The van der Waals surface area contributed by atoms with Crippen molar-refractivity contribution < 1.29 is 4.42 Å². The summed E-state index contributed by atoms with van der Waals surface area (Å²) in [6.45, 7) is 2.93. The molecule has 0 saturated heterocycles. The zero-order chi connectivity index (χ0) is 10.7. The third kappa shape index (κ3) is 1.22. The van der Waals surface area contributed by atoms with Gasteiger partial charge in [0.05, 0.1) is 6.54 Å². The molecule has 16 heavy (non-hydrogen) atoms. The molecule has 0 amide bonds. The molecule has 0 spiro atoms. The van der Waals surface area contributed by atoms with Gasteiger partial charge in [0.1, 0.15) is 11.5 Å². The summed E-state index contributed by atoms with van der Waals surface area (Å²) in [5, 5.41) is 3.70. The Bertz CT molecular complexity index is 395. The van der Waals surface area contributed by atoms with Gasteiger partial charge in [-0.05, 0) is 62.0 Å². The summed E-state index contributed by atoms with van der Waals surface area (Å²) >= 11 is 0. The Morgan fingerprint density at radius 1 is 1.25 bits per heavy atom. The largest absolute Gasteiger partial charge is 0.465 e. The molecular formula is C14H19NO. The van der Waals surface area contributed by atoms with Crippen molar-refractivity contribution in [2.75, 3.05) is 0 Å². The van der Waals surface area contributed by atoms with Crippen molar-refractivity contribution in [2.24, 2.45) is 23.7 Å². The Hall–Kier alpha value is -0.760. The quantitative estimate of drug-likeness (QED) is 0.842. The molecular weight excluding hydrogens is 198 g/mol. The first-order valence-corrected chi connectivity index (χ1v) is 6.61. The average Bonchev–Trinajstić information content (AvgIpc) is 2.70. The standard InChI is InChI=1S/C14H19NO/c1-8-2-5-11(16-8)7-15-14-12-9-3-4-10(6-9)13(12)14/h2,5,9-10,12-15H,3-4,6-7H2,1H3. The predicted molar refractivity (Wildman–Crippen MR) is 61.9 cm³/mol. The van der Waals surface area contributed by atoms with E-state index in [0.717, 1.165) is 47.8 Å². The first-order chi connectivity index (χ1) is 7.83. The fourth-order valence-corrected chi connectivity index (χ4v) is 4.40. The van der Waals surface area contributed by atoms with Crippen molar-refractivity contribution in [3.8, 4) is 0 Å². The lowest BCUT2D eigenvalue weighted by molar-refractivity contribution is 0.423. The van der Waals surface area contributed by atoms with Gasteiger partial charge in [-0.2, -0.15) is 0 Å². The maximum absolute atomic E-state index is 5.59. The minimum atomic E-state index is 0.816. The summed E-state index contributed by atoms with van der Waals surface area (Å²) in [7, 11) is 0. The molecule has 86 valence electrons. The second kappa shape index (κ2) is 3.13. The molecule has 4 atom stereocenters. The molecule has 1 heterocycles. The van der Waals surface area contributed by atoms with Gasteiger partial charge in [-0.25, -0.2) is 0 Å². The van der Waals surface area contributed by atoms with Crippen LogP contribution in [0.3, 0.4) is 0 Å². The van der Waals surface area contributed by atoms with E-state index in [1.807, 2.05) is 6.92 Å². The van der Waals surface area contributed by atoms with Gasteiger partial charge in [0.2, 0.25) is 0 Å². The van der Waals surface area contributed by atoms with E-state index in [2.05, 4.69) is 17.4 Å².